The number of thioether (sulfide) groups is 1. The number of benzene rings is 2. The molecular formula is C60H78FN11O10S. The molecule has 83 heavy (non-hydrogen) atoms. The highest BCUT2D eigenvalue weighted by Gasteiger charge is 2.43. The number of Topliss-reactive ketones (excluding diaryl/α,β-unsaturated/α-hetero) is 2. The second kappa shape index (κ2) is 30.2. The molecule has 0 saturated carbocycles. The number of halogens is 1. The number of aromatic nitrogens is 3. The molecule has 3 amide bonds. The van der Waals surface area contributed by atoms with Gasteiger partial charge in [-0.25, -0.2) is 9.37 Å². The summed E-state index contributed by atoms with van der Waals surface area (Å²) in [5, 5.41) is 11.3. The number of aryl methyl sites for hydroxylation is 1. The third-order valence-corrected chi connectivity index (χ3v) is 17.0. The lowest BCUT2D eigenvalue weighted by molar-refractivity contribution is -0.141. The Morgan fingerprint density at radius 3 is 2.34 bits per heavy atom. The van der Waals surface area contributed by atoms with Crippen LogP contribution in [-0.4, -0.2) is 187 Å². The Morgan fingerprint density at radius 2 is 1.64 bits per heavy atom. The molecule has 2 bridgehead atoms. The Labute approximate surface area is 489 Å². The summed E-state index contributed by atoms with van der Waals surface area (Å²) >= 11 is 1.51. The Kier molecular flexibility index (Phi) is 22.7. The van der Waals surface area contributed by atoms with Gasteiger partial charge < -0.3 is 59.6 Å². The smallest absolute Gasteiger partial charge is 0.303 e. The van der Waals surface area contributed by atoms with Crippen LogP contribution in [0.3, 0.4) is 0 Å². The molecule has 2 saturated heterocycles. The Bertz CT molecular complexity index is 2980. The molecule has 21 nitrogen and oxygen atoms in total. The van der Waals surface area contributed by atoms with Crippen molar-refractivity contribution in [3.8, 4) is 16.9 Å². The van der Waals surface area contributed by atoms with E-state index in [1.807, 2.05) is 37.8 Å². The predicted octanol–water partition coefficient (Wildman–Crippen LogP) is 6.11. The number of anilines is 1. The maximum absolute atomic E-state index is 14.5. The molecule has 446 valence electrons. The van der Waals surface area contributed by atoms with Crippen molar-refractivity contribution in [1.29, 1.82) is 0 Å². The van der Waals surface area contributed by atoms with Crippen LogP contribution in [0.1, 0.15) is 96.0 Å². The molecule has 2 aromatic carbocycles. The zero-order valence-electron chi connectivity index (χ0n) is 48.2. The van der Waals surface area contributed by atoms with Crippen LogP contribution < -0.4 is 21.1 Å². The molecule has 5 atom stereocenters. The van der Waals surface area contributed by atoms with Crippen molar-refractivity contribution < 1.29 is 52.0 Å². The first-order valence-corrected chi connectivity index (χ1v) is 29.7. The molecule has 2 aromatic heterocycles. The average molecular weight is 1160 g/mol. The van der Waals surface area contributed by atoms with Gasteiger partial charge in [0.1, 0.15) is 23.7 Å². The third-order valence-electron chi connectivity index (χ3n) is 15.8. The first-order chi connectivity index (χ1) is 40.1. The summed E-state index contributed by atoms with van der Waals surface area (Å²) in [6.07, 6.45) is 4.49. The minimum absolute atomic E-state index is 0.00808. The van der Waals surface area contributed by atoms with Crippen molar-refractivity contribution >= 4 is 57.7 Å². The Morgan fingerprint density at radius 1 is 0.940 bits per heavy atom. The fraction of sp³-hybridized carbons (Fsp3) is 0.550. The quantitative estimate of drug-likeness (QED) is 0.0347. The monoisotopic (exact) mass is 1160 g/mol. The molecule has 6 heterocycles. The molecule has 4 aliphatic heterocycles. The number of nitrogen functional groups attached to an aromatic ring is 1. The van der Waals surface area contributed by atoms with E-state index in [1.54, 1.807) is 42.0 Å². The van der Waals surface area contributed by atoms with Gasteiger partial charge in [0, 0.05) is 79.6 Å². The van der Waals surface area contributed by atoms with E-state index >= 15 is 0 Å². The fourth-order valence-corrected chi connectivity index (χ4v) is 12.2. The van der Waals surface area contributed by atoms with Gasteiger partial charge in [-0.1, -0.05) is 24.3 Å². The van der Waals surface area contributed by atoms with Crippen molar-refractivity contribution in [3.05, 3.63) is 99.9 Å². The summed E-state index contributed by atoms with van der Waals surface area (Å²) in [7, 11) is 3.45. The second-order valence-corrected chi connectivity index (χ2v) is 22.5. The number of carbonyl (C=O) groups excluding carboxylic acids is 5. The van der Waals surface area contributed by atoms with Crippen LogP contribution in [-0.2, 0) is 46.4 Å². The zero-order chi connectivity index (χ0) is 59.0. The number of pyridine rings is 1. The van der Waals surface area contributed by atoms with Gasteiger partial charge in [0.25, 0.3) is 5.91 Å². The summed E-state index contributed by atoms with van der Waals surface area (Å²) in [5.74, 6) is -0.304. The van der Waals surface area contributed by atoms with Gasteiger partial charge in [0.2, 0.25) is 11.8 Å². The molecule has 4 aliphatic rings. The number of fused-ring (bicyclic) bond motifs is 5. The number of nitrogens with one attached hydrogen (secondary N) is 2. The Balaban J connectivity index is 0.686. The molecule has 0 spiro atoms. The van der Waals surface area contributed by atoms with Crippen molar-refractivity contribution in [2.75, 3.05) is 111 Å². The highest BCUT2D eigenvalue weighted by molar-refractivity contribution is 8.14. The molecule has 2 fully saturated rings. The number of hydrogen-bond acceptors (Lipinski definition) is 17. The van der Waals surface area contributed by atoms with Gasteiger partial charge >= 0.3 is 5.82 Å². The lowest BCUT2D eigenvalue weighted by Crippen LogP contribution is -2.48. The van der Waals surface area contributed by atoms with Gasteiger partial charge in [-0.05, 0) is 120 Å². The topological polar surface area (TPSA) is 239 Å². The van der Waals surface area contributed by atoms with E-state index in [4.69, 9.17) is 41.0 Å². The maximum atomic E-state index is 14.5. The van der Waals surface area contributed by atoms with Crippen LogP contribution in [0.2, 0.25) is 0 Å². The number of nitrogens with zero attached hydrogens (tertiary/aromatic N) is 8. The van der Waals surface area contributed by atoms with E-state index in [1.165, 1.54) is 36.0 Å². The van der Waals surface area contributed by atoms with Crippen molar-refractivity contribution in [2.45, 2.75) is 96.6 Å². The van der Waals surface area contributed by atoms with Gasteiger partial charge in [0.15, 0.2) is 17.4 Å². The SMILES string of the molecule is [C-]#[N+]c1nn(CCNC(=O)CCOCCOCCOCCOCCN2CCC([C@H](CC(=O)[C@H](C)NC)C(=O)N3CCC[C@H]3C3=NC(C(=O)c4ccc(F)cc4)CS3)CC2)c2c1-c1cnc(N)c(c1)O[C@H](C)c1cc(C)ccc1C(=O)N(C)C2. The standard InChI is InChI=1S/C60H78FN11O10S/c1-38-9-14-45-46(32-38)40(3)82-52-33-43(35-66-56(52)62)54-50(36-69(6)59(45)76)72(68-57(54)64-5)22-18-65-53(74)17-24-78-26-28-80-30-31-81-29-27-79-25-23-70-20-15-41(16-21-70)47(34-51(73)39(2)63-4)60(77)71-19-7-8-49(71)58-67-48(37-83-58)55(75)42-10-12-44(61)13-11-42/h9-14,32-33,35,39-41,47-49,63H,7-8,15-31,34,36-37H2,1-4,6H3,(H2,62,66)(H,65,74)/t39-,40+,47-,48?,49-/m0/s1. The van der Waals surface area contributed by atoms with Gasteiger partial charge in [0.05, 0.1) is 88.8 Å². The summed E-state index contributed by atoms with van der Waals surface area (Å²) < 4.78 is 44.3. The van der Waals surface area contributed by atoms with Crippen LogP contribution in [0.15, 0.2) is 59.7 Å². The predicted molar refractivity (Wildman–Crippen MR) is 313 cm³/mol. The van der Waals surface area contributed by atoms with Crippen LogP contribution in [0.25, 0.3) is 16.0 Å². The van der Waals surface area contributed by atoms with Crippen LogP contribution in [0.5, 0.6) is 5.75 Å². The zero-order valence-corrected chi connectivity index (χ0v) is 49.1. The molecular weight excluding hydrogens is 1090 g/mol. The molecule has 8 rings (SSSR count). The third kappa shape index (κ3) is 16.4. The van der Waals surface area contributed by atoms with E-state index in [9.17, 15) is 28.4 Å². The molecule has 1 unspecified atom stereocenters. The number of hydrogen-bond donors (Lipinski definition) is 3. The minimum Gasteiger partial charge on any atom is -0.482 e. The van der Waals surface area contributed by atoms with Crippen LogP contribution in [0, 0.1) is 31.1 Å². The lowest BCUT2D eigenvalue weighted by Gasteiger charge is -2.38. The number of rotatable bonds is 27. The number of ether oxygens (including phenoxy) is 5. The molecule has 4 N–H and O–H groups in total. The van der Waals surface area contributed by atoms with E-state index in [-0.39, 0.29) is 98.0 Å². The highest BCUT2D eigenvalue weighted by Crippen LogP contribution is 2.40. The molecule has 23 heteroatoms. The fourth-order valence-electron chi connectivity index (χ4n) is 11.0. The van der Waals surface area contributed by atoms with Crippen molar-refractivity contribution in [3.63, 3.8) is 0 Å². The first kappa shape index (κ1) is 62.4. The molecule has 0 aliphatic carbocycles. The summed E-state index contributed by atoms with van der Waals surface area (Å²) in [6.45, 7) is 20.1. The number of ketones is 2. The number of nitrogens with two attached hydrogens (primary N) is 1. The van der Waals surface area contributed by atoms with Gasteiger partial charge in [-0.2, -0.15) is 4.68 Å². The van der Waals surface area contributed by atoms with E-state index in [0.29, 0.717) is 97.8 Å². The maximum Gasteiger partial charge on any atom is 0.303 e. The highest BCUT2D eigenvalue weighted by atomic mass is 32.2. The summed E-state index contributed by atoms with van der Waals surface area (Å²) in [4.78, 5) is 86.6. The van der Waals surface area contributed by atoms with E-state index < -0.39 is 23.9 Å². The molecule has 0 radical (unpaired) electrons. The van der Waals surface area contributed by atoms with E-state index in [2.05, 4.69) is 30.5 Å². The van der Waals surface area contributed by atoms with Crippen LogP contribution in [0.4, 0.5) is 16.0 Å². The number of amides is 3. The van der Waals surface area contributed by atoms with Crippen molar-refractivity contribution in [2.24, 2.45) is 16.8 Å². The van der Waals surface area contributed by atoms with Gasteiger partial charge in [-0.15, -0.1) is 11.8 Å². The summed E-state index contributed by atoms with van der Waals surface area (Å²) in [6, 6.07) is 11.7. The Hall–Kier alpha value is -6.65. The normalized spacial score (nSPS) is 19.2. The summed E-state index contributed by atoms with van der Waals surface area (Å²) in [5.41, 5.74) is 10.5. The second-order valence-electron chi connectivity index (χ2n) is 21.5. The number of likely N-dealkylation sites (N-methyl/N-ethyl adjacent to an activating group) is 1. The first-order valence-electron chi connectivity index (χ1n) is 28.7. The van der Waals surface area contributed by atoms with Crippen LogP contribution >= 0.6 is 11.8 Å². The van der Waals surface area contributed by atoms with Crippen molar-refractivity contribution in [1.82, 2.24) is 40.1 Å². The number of likely N-dealkylation sites (tertiary alicyclic amines) is 2. The number of piperidine rings is 1. The lowest BCUT2D eigenvalue weighted by atomic mass is 9.79. The molecule has 4 aromatic rings. The minimum atomic E-state index is -0.582. The number of aliphatic imine (C=N–C) groups is 1. The number of carbonyl (C=O) groups is 5. The van der Waals surface area contributed by atoms with Gasteiger partial charge in [-0.3, -0.25) is 29.0 Å². The largest absolute Gasteiger partial charge is 0.482 e. The van der Waals surface area contributed by atoms with E-state index in [0.717, 1.165) is 55.9 Å². The average Bonchev–Trinajstić information content (AvgIpc) is 3.14.